The molecule has 32 heavy (non-hydrogen) atoms. The fourth-order valence-corrected chi connectivity index (χ4v) is 4.46. The average molecular weight is 483 g/mol. The molecule has 1 amide bonds. The maximum atomic E-state index is 12.4. The van der Waals surface area contributed by atoms with Gasteiger partial charge in [0, 0.05) is 15.6 Å². The third-order valence-electron chi connectivity index (χ3n) is 4.79. The zero-order valence-corrected chi connectivity index (χ0v) is 19.8. The summed E-state index contributed by atoms with van der Waals surface area (Å²) in [6.07, 6.45) is 1.83. The number of amidine groups is 1. The zero-order chi connectivity index (χ0) is 22.7. The summed E-state index contributed by atoms with van der Waals surface area (Å²) in [6.45, 7) is 4.37. The number of hydrogen-bond donors (Lipinski definition) is 1. The fraction of sp³-hybridized carbons (Fsp3) is 0.120. The van der Waals surface area contributed by atoms with Crippen LogP contribution in [-0.2, 0) is 11.4 Å². The van der Waals surface area contributed by atoms with Gasteiger partial charge in [0.15, 0.2) is 5.17 Å². The van der Waals surface area contributed by atoms with Gasteiger partial charge in [-0.2, -0.15) is 0 Å². The summed E-state index contributed by atoms with van der Waals surface area (Å²) in [5.74, 6) is 0.510. The highest BCUT2D eigenvalue weighted by Gasteiger charge is 2.24. The number of ether oxygens (including phenoxy) is 1. The molecule has 4 nitrogen and oxygen atoms in total. The number of carbonyl (C=O) groups excluding carboxylic acids is 1. The van der Waals surface area contributed by atoms with E-state index in [1.165, 1.54) is 17.3 Å². The van der Waals surface area contributed by atoms with Gasteiger partial charge < -0.3 is 10.1 Å². The van der Waals surface area contributed by atoms with Crippen LogP contribution in [0, 0.1) is 13.8 Å². The molecule has 1 fully saturated rings. The van der Waals surface area contributed by atoms with E-state index in [0.29, 0.717) is 32.5 Å². The number of aryl methyl sites for hydroxylation is 2. The Labute approximate surface area is 201 Å². The third kappa shape index (κ3) is 5.54. The lowest BCUT2D eigenvalue weighted by Gasteiger charge is -2.09. The fourth-order valence-electron chi connectivity index (χ4n) is 3.17. The van der Waals surface area contributed by atoms with Gasteiger partial charge in [0.1, 0.15) is 12.4 Å². The molecule has 0 saturated carbocycles. The number of nitrogens with one attached hydrogen (secondary N) is 1. The van der Waals surface area contributed by atoms with Crippen molar-refractivity contribution >= 4 is 57.8 Å². The largest absolute Gasteiger partial charge is 0.489 e. The van der Waals surface area contributed by atoms with E-state index in [9.17, 15) is 4.79 Å². The molecule has 0 bridgehead atoms. The maximum Gasteiger partial charge on any atom is 0.264 e. The molecule has 4 rings (SSSR count). The highest BCUT2D eigenvalue weighted by molar-refractivity contribution is 8.18. The highest BCUT2D eigenvalue weighted by atomic mass is 35.5. The van der Waals surface area contributed by atoms with Crippen molar-refractivity contribution in [3.63, 3.8) is 0 Å². The smallest absolute Gasteiger partial charge is 0.264 e. The zero-order valence-electron chi connectivity index (χ0n) is 17.5. The molecule has 0 aliphatic carbocycles. The Morgan fingerprint density at radius 3 is 2.69 bits per heavy atom. The molecule has 1 heterocycles. The number of amides is 1. The summed E-state index contributed by atoms with van der Waals surface area (Å²) < 4.78 is 5.88. The lowest BCUT2D eigenvalue weighted by molar-refractivity contribution is -0.115. The van der Waals surface area contributed by atoms with Crippen molar-refractivity contribution < 1.29 is 9.53 Å². The monoisotopic (exact) mass is 482 g/mol. The second-order valence-electron chi connectivity index (χ2n) is 7.37. The predicted octanol–water partition coefficient (Wildman–Crippen LogP) is 7.08. The summed E-state index contributed by atoms with van der Waals surface area (Å²) >= 11 is 13.5. The molecule has 7 heteroatoms. The number of halogens is 2. The first kappa shape index (κ1) is 22.5. The van der Waals surface area contributed by atoms with Crippen LogP contribution in [0.3, 0.4) is 0 Å². The summed E-state index contributed by atoms with van der Waals surface area (Å²) in [5.41, 5.74) is 4.79. The standard InChI is InChI=1S/C25H20Cl2N2O2S/c1-15-6-9-22(16(2)10-15)28-25-29-24(30)23(32-25)12-17-4-3-5-20(11-17)31-14-18-7-8-19(26)13-21(18)27/h3-13H,14H2,1-2H3,(H,28,29,30)/b23-12+. The van der Waals surface area contributed by atoms with E-state index >= 15 is 0 Å². The molecule has 1 aliphatic heterocycles. The van der Waals surface area contributed by atoms with Gasteiger partial charge in [-0.15, -0.1) is 0 Å². The Morgan fingerprint density at radius 2 is 1.91 bits per heavy atom. The number of aliphatic imine (C=N–C) groups is 1. The molecule has 0 atom stereocenters. The minimum Gasteiger partial charge on any atom is -0.489 e. The SMILES string of the molecule is Cc1ccc(N=C2NC(=O)/C(=C\c3cccc(OCc4ccc(Cl)cc4Cl)c3)S2)c(C)c1. The van der Waals surface area contributed by atoms with Crippen molar-refractivity contribution in [2.75, 3.05) is 0 Å². The lowest BCUT2D eigenvalue weighted by atomic mass is 10.1. The summed E-state index contributed by atoms with van der Waals surface area (Å²) in [6, 6.07) is 18.9. The van der Waals surface area contributed by atoms with E-state index in [0.717, 1.165) is 22.4 Å². The summed E-state index contributed by atoms with van der Waals surface area (Å²) in [4.78, 5) is 17.6. The second-order valence-corrected chi connectivity index (χ2v) is 9.24. The molecule has 162 valence electrons. The van der Waals surface area contributed by atoms with Gasteiger partial charge in [-0.25, -0.2) is 4.99 Å². The minimum atomic E-state index is -0.169. The van der Waals surface area contributed by atoms with Gasteiger partial charge in [0.25, 0.3) is 5.91 Å². The van der Waals surface area contributed by atoms with Gasteiger partial charge in [0.05, 0.1) is 10.6 Å². The molecule has 0 spiro atoms. The maximum absolute atomic E-state index is 12.4. The second kappa shape index (κ2) is 9.82. The first-order valence-corrected chi connectivity index (χ1v) is 11.5. The van der Waals surface area contributed by atoms with Gasteiger partial charge in [-0.05, 0) is 73.1 Å². The molecule has 0 aromatic heterocycles. The third-order valence-corrected chi connectivity index (χ3v) is 6.29. The Kier molecular flexibility index (Phi) is 6.89. The molecular weight excluding hydrogens is 463 g/mol. The summed E-state index contributed by atoms with van der Waals surface area (Å²) in [7, 11) is 0. The van der Waals surface area contributed by atoms with Crippen LogP contribution in [0.5, 0.6) is 5.75 Å². The molecule has 1 aliphatic rings. The van der Waals surface area contributed by atoms with Crippen LogP contribution in [0.4, 0.5) is 5.69 Å². The summed E-state index contributed by atoms with van der Waals surface area (Å²) in [5, 5.41) is 4.55. The Bertz CT molecular complexity index is 1250. The van der Waals surface area contributed by atoms with Crippen molar-refractivity contribution in [2.24, 2.45) is 4.99 Å². The van der Waals surface area contributed by atoms with Crippen LogP contribution in [0.1, 0.15) is 22.3 Å². The molecule has 3 aromatic rings. The molecule has 1 N–H and O–H groups in total. The quantitative estimate of drug-likeness (QED) is 0.395. The van der Waals surface area contributed by atoms with Crippen LogP contribution in [0.15, 0.2) is 70.6 Å². The Morgan fingerprint density at radius 1 is 1.06 bits per heavy atom. The number of nitrogens with zero attached hydrogens (tertiary/aromatic N) is 1. The van der Waals surface area contributed by atoms with Crippen LogP contribution in [0.25, 0.3) is 6.08 Å². The van der Waals surface area contributed by atoms with E-state index in [1.807, 2.05) is 62.4 Å². The number of rotatable bonds is 5. The van der Waals surface area contributed by atoms with Gasteiger partial charge in [-0.3, -0.25) is 4.79 Å². The number of benzene rings is 3. The highest BCUT2D eigenvalue weighted by Crippen LogP contribution is 2.30. The normalized spacial score (nSPS) is 15.9. The number of carbonyl (C=O) groups is 1. The molecule has 0 unspecified atom stereocenters. The van der Waals surface area contributed by atoms with Crippen molar-refractivity contribution in [2.45, 2.75) is 20.5 Å². The van der Waals surface area contributed by atoms with Crippen LogP contribution >= 0.6 is 35.0 Å². The number of hydrogen-bond acceptors (Lipinski definition) is 4. The van der Waals surface area contributed by atoms with E-state index in [1.54, 1.807) is 12.1 Å². The van der Waals surface area contributed by atoms with Crippen LogP contribution in [-0.4, -0.2) is 11.1 Å². The van der Waals surface area contributed by atoms with Gasteiger partial charge in [-0.1, -0.05) is 59.1 Å². The topological polar surface area (TPSA) is 50.7 Å². The number of thioether (sulfide) groups is 1. The van der Waals surface area contributed by atoms with Crippen molar-refractivity contribution in [3.8, 4) is 5.75 Å². The Hall–Kier alpha value is -2.73. The van der Waals surface area contributed by atoms with E-state index in [-0.39, 0.29) is 5.91 Å². The first-order valence-electron chi connectivity index (χ1n) is 9.91. The van der Waals surface area contributed by atoms with Crippen molar-refractivity contribution in [3.05, 3.63) is 97.9 Å². The molecular formula is C25H20Cl2N2O2S. The predicted molar refractivity (Wildman–Crippen MR) is 134 cm³/mol. The van der Waals surface area contributed by atoms with Crippen molar-refractivity contribution in [1.82, 2.24) is 5.32 Å². The van der Waals surface area contributed by atoms with E-state index < -0.39 is 0 Å². The molecule has 0 radical (unpaired) electrons. The van der Waals surface area contributed by atoms with Crippen LogP contribution in [0.2, 0.25) is 10.0 Å². The van der Waals surface area contributed by atoms with Crippen molar-refractivity contribution in [1.29, 1.82) is 0 Å². The van der Waals surface area contributed by atoms with E-state index in [2.05, 4.69) is 16.4 Å². The van der Waals surface area contributed by atoms with Gasteiger partial charge in [0.2, 0.25) is 0 Å². The van der Waals surface area contributed by atoms with Crippen LogP contribution < -0.4 is 10.1 Å². The van der Waals surface area contributed by atoms with E-state index in [4.69, 9.17) is 27.9 Å². The molecule has 1 saturated heterocycles. The first-order chi connectivity index (χ1) is 15.4. The van der Waals surface area contributed by atoms with Gasteiger partial charge >= 0.3 is 0 Å². The average Bonchev–Trinajstić information content (AvgIpc) is 3.08. The molecule has 3 aromatic carbocycles. The Balaban J connectivity index is 1.47. The minimum absolute atomic E-state index is 0.169. The lowest BCUT2D eigenvalue weighted by Crippen LogP contribution is -2.19.